The highest BCUT2D eigenvalue weighted by atomic mass is 32.2. The number of rotatable bonds is 5. The van der Waals surface area contributed by atoms with Crippen LogP contribution in [-0.4, -0.2) is 54.1 Å². The van der Waals surface area contributed by atoms with Gasteiger partial charge < -0.3 is 9.64 Å². The largest absolute Gasteiger partial charge is 0.444 e. The molecular weight excluding hydrogens is 498 g/mol. The lowest BCUT2D eigenvalue weighted by Crippen LogP contribution is -2.42. The van der Waals surface area contributed by atoms with Crippen molar-refractivity contribution in [3.05, 3.63) is 60.8 Å². The van der Waals surface area contributed by atoms with Crippen LogP contribution in [0.15, 0.2) is 65.2 Å². The minimum Gasteiger partial charge on any atom is -0.444 e. The molecule has 10 heteroatoms. The van der Waals surface area contributed by atoms with E-state index in [2.05, 4.69) is 28.4 Å². The van der Waals surface area contributed by atoms with Crippen molar-refractivity contribution >= 4 is 23.4 Å². The molecule has 0 aliphatic heterocycles. The van der Waals surface area contributed by atoms with Crippen molar-refractivity contribution in [2.24, 2.45) is 0 Å². The highest BCUT2D eigenvalue weighted by molar-refractivity contribution is 7.99. The number of ether oxygens (including phenoxy) is 1. The molecule has 1 amide bonds. The molecule has 0 atom stereocenters. The topological polar surface area (TPSA) is 101 Å². The zero-order valence-corrected chi connectivity index (χ0v) is 22.9. The summed E-state index contributed by atoms with van der Waals surface area (Å²) in [6.45, 7) is 5.66. The molecule has 0 N–H and O–H groups in total. The van der Waals surface area contributed by atoms with Crippen LogP contribution in [0, 0.1) is 11.3 Å². The van der Waals surface area contributed by atoms with Crippen molar-refractivity contribution in [2.75, 3.05) is 7.05 Å². The van der Waals surface area contributed by atoms with Crippen LogP contribution in [0.2, 0.25) is 0 Å². The molecule has 0 radical (unpaired) electrons. The van der Waals surface area contributed by atoms with E-state index in [1.54, 1.807) is 21.8 Å². The fourth-order valence-electron chi connectivity index (χ4n) is 4.80. The Bertz CT molecular complexity index is 1470. The van der Waals surface area contributed by atoms with Gasteiger partial charge in [0.05, 0.1) is 29.5 Å². The van der Waals surface area contributed by atoms with E-state index in [-0.39, 0.29) is 18.2 Å². The lowest BCUT2D eigenvalue weighted by molar-refractivity contribution is 0.0173. The quantitative estimate of drug-likeness (QED) is 0.314. The van der Waals surface area contributed by atoms with Gasteiger partial charge in [-0.05, 0) is 64.7 Å². The highest BCUT2D eigenvalue weighted by Gasteiger charge is 2.30. The van der Waals surface area contributed by atoms with E-state index in [0.29, 0.717) is 5.56 Å². The second-order valence-electron chi connectivity index (χ2n) is 10.6. The molecule has 1 aliphatic carbocycles. The number of carbonyl (C=O) groups excluding carboxylic acids is 1. The van der Waals surface area contributed by atoms with Crippen molar-refractivity contribution in [1.29, 1.82) is 5.26 Å². The number of fused-ring (bicyclic) bond motifs is 1. The summed E-state index contributed by atoms with van der Waals surface area (Å²) in [7, 11) is 1.83. The van der Waals surface area contributed by atoms with E-state index in [9.17, 15) is 10.1 Å². The van der Waals surface area contributed by atoms with E-state index >= 15 is 0 Å². The van der Waals surface area contributed by atoms with E-state index in [1.165, 1.54) is 11.8 Å². The van der Waals surface area contributed by atoms with Gasteiger partial charge in [0.15, 0.2) is 0 Å². The second kappa shape index (κ2) is 10.5. The molecule has 1 saturated carbocycles. The van der Waals surface area contributed by atoms with E-state index in [0.717, 1.165) is 52.2 Å². The first kappa shape index (κ1) is 25.8. The summed E-state index contributed by atoms with van der Waals surface area (Å²) < 4.78 is 9.34. The third-order valence-electron chi connectivity index (χ3n) is 6.75. The lowest BCUT2D eigenvalue weighted by atomic mass is 9.90. The molecule has 4 heterocycles. The highest BCUT2D eigenvalue weighted by Crippen LogP contribution is 2.36. The minimum atomic E-state index is -0.501. The van der Waals surface area contributed by atoms with Gasteiger partial charge in [0.25, 0.3) is 0 Å². The maximum absolute atomic E-state index is 12.5. The van der Waals surface area contributed by atoms with E-state index < -0.39 is 5.60 Å². The van der Waals surface area contributed by atoms with Crippen LogP contribution in [-0.2, 0) is 4.74 Å². The van der Waals surface area contributed by atoms with Crippen LogP contribution in [0.3, 0.4) is 0 Å². The first-order valence-electron chi connectivity index (χ1n) is 12.7. The third-order valence-corrected chi connectivity index (χ3v) is 7.74. The molecule has 0 spiro atoms. The van der Waals surface area contributed by atoms with Gasteiger partial charge in [-0.25, -0.2) is 14.3 Å². The second-order valence-corrected chi connectivity index (χ2v) is 11.7. The molecule has 0 unspecified atom stereocenters. The van der Waals surface area contributed by atoms with E-state index in [1.807, 2.05) is 63.1 Å². The summed E-state index contributed by atoms with van der Waals surface area (Å²) in [4.78, 5) is 19.6. The maximum Gasteiger partial charge on any atom is 0.410 e. The van der Waals surface area contributed by atoms with Crippen LogP contribution in [0.25, 0.3) is 16.6 Å². The smallest absolute Gasteiger partial charge is 0.410 e. The Morgan fingerprint density at radius 2 is 1.92 bits per heavy atom. The van der Waals surface area contributed by atoms with Crippen LogP contribution in [0.1, 0.15) is 58.1 Å². The monoisotopic (exact) mass is 529 g/mol. The molecule has 1 fully saturated rings. The fraction of sp³-hybridized carbons (Fsp3) is 0.393. The maximum atomic E-state index is 12.5. The predicted molar refractivity (Wildman–Crippen MR) is 145 cm³/mol. The van der Waals surface area contributed by atoms with Gasteiger partial charge in [-0.1, -0.05) is 17.8 Å². The van der Waals surface area contributed by atoms with Gasteiger partial charge in [0, 0.05) is 47.7 Å². The van der Waals surface area contributed by atoms with E-state index in [4.69, 9.17) is 9.84 Å². The molecule has 196 valence electrons. The number of carbonyl (C=O) groups is 1. The Morgan fingerprint density at radius 3 is 2.61 bits per heavy atom. The number of amides is 1. The number of hydrogen-bond donors (Lipinski definition) is 0. The zero-order chi connectivity index (χ0) is 26.9. The van der Waals surface area contributed by atoms with Gasteiger partial charge in [0.2, 0.25) is 0 Å². The number of aromatic nitrogens is 5. The first-order chi connectivity index (χ1) is 18.2. The minimum absolute atomic E-state index is 0.166. The third kappa shape index (κ3) is 5.53. The summed E-state index contributed by atoms with van der Waals surface area (Å²) in [6, 6.07) is 10.5. The SMILES string of the molecule is CN(C(=O)OC(C)(C)C)[C@H]1CC[C@@H](n2cc(-c3cc(Sc4ccccn4)c4c(C#N)cnn4c3)cn2)CC1. The summed E-state index contributed by atoms with van der Waals surface area (Å²) >= 11 is 1.51. The average molecular weight is 530 g/mol. The average Bonchev–Trinajstić information content (AvgIpc) is 3.56. The van der Waals surface area contributed by atoms with Crippen molar-refractivity contribution in [3.63, 3.8) is 0 Å². The predicted octanol–water partition coefficient (Wildman–Crippen LogP) is 5.97. The Hall–Kier alpha value is -3.84. The van der Waals surface area contributed by atoms with Crippen molar-refractivity contribution < 1.29 is 9.53 Å². The molecule has 0 bridgehead atoms. The van der Waals surface area contributed by atoms with Crippen molar-refractivity contribution in [2.45, 2.75) is 74.1 Å². The molecule has 0 saturated heterocycles. The fourth-order valence-corrected chi connectivity index (χ4v) is 5.77. The molecule has 1 aliphatic rings. The zero-order valence-electron chi connectivity index (χ0n) is 22.0. The summed E-state index contributed by atoms with van der Waals surface area (Å²) in [5.74, 6) is 0. The van der Waals surface area contributed by atoms with Crippen LogP contribution < -0.4 is 0 Å². The molecule has 4 aromatic rings. The molecule has 5 rings (SSSR count). The van der Waals surface area contributed by atoms with Gasteiger partial charge in [-0.15, -0.1) is 0 Å². The summed E-state index contributed by atoms with van der Waals surface area (Å²) in [5.41, 5.74) is 2.75. The molecule has 9 nitrogen and oxygen atoms in total. The van der Waals surface area contributed by atoms with Gasteiger partial charge in [-0.3, -0.25) is 4.68 Å². The normalized spacial score (nSPS) is 17.8. The standard InChI is InChI=1S/C28H31N7O2S/c1-28(2,3)37-27(36)33(4)22-8-10-23(11-9-22)34-18-21(16-31-34)19-13-24(38-25-7-5-6-12-30-25)26-20(14-29)15-32-35(26)17-19/h5-7,12-13,15-18,22-23H,8-11H2,1-4H3/t22-,23+. The number of nitriles is 1. The Labute approximate surface area is 226 Å². The molecule has 38 heavy (non-hydrogen) atoms. The lowest BCUT2D eigenvalue weighted by Gasteiger charge is -2.35. The van der Waals surface area contributed by atoms with Crippen molar-refractivity contribution in [3.8, 4) is 17.2 Å². The number of pyridine rings is 2. The Morgan fingerprint density at radius 1 is 1.13 bits per heavy atom. The summed E-state index contributed by atoms with van der Waals surface area (Å²) in [5, 5.41) is 19.6. The van der Waals surface area contributed by atoms with Crippen LogP contribution in [0.5, 0.6) is 0 Å². The van der Waals surface area contributed by atoms with Crippen LogP contribution >= 0.6 is 11.8 Å². The molecular formula is C28H31N7O2S. The molecule has 0 aromatic carbocycles. The number of nitrogens with zero attached hydrogens (tertiary/aromatic N) is 7. The Balaban J connectivity index is 1.33. The van der Waals surface area contributed by atoms with Gasteiger partial charge in [-0.2, -0.15) is 15.5 Å². The summed E-state index contributed by atoms with van der Waals surface area (Å²) in [6.07, 6.45) is 12.6. The van der Waals surface area contributed by atoms with Crippen LogP contribution in [0.4, 0.5) is 4.79 Å². The Kier molecular flexibility index (Phi) is 7.13. The molecule has 4 aromatic heterocycles. The number of hydrogen-bond acceptors (Lipinski definition) is 7. The first-order valence-corrected chi connectivity index (χ1v) is 13.5. The van der Waals surface area contributed by atoms with Crippen molar-refractivity contribution in [1.82, 2.24) is 29.3 Å². The van der Waals surface area contributed by atoms with Gasteiger partial charge >= 0.3 is 6.09 Å². The van der Waals surface area contributed by atoms with Gasteiger partial charge in [0.1, 0.15) is 16.7 Å².